The lowest BCUT2D eigenvalue weighted by molar-refractivity contribution is 0.973. The second-order valence-electron chi connectivity index (χ2n) is 3.49. The molecule has 0 aliphatic rings. The molecule has 2 rings (SSSR count). The molecule has 0 atom stereocenters. The Hall–Kier alpha value is -0.0900. The summed E-state index contributed by atoms with van der Waals surface area (Å²) in [5, 5.41) is 1.67. The molecule has 0 spiro atoms. The lowest BCUT2D eigenvalue weighted by Gasteiger charge is -2.01. The van der Waals surface area contributed by atoms with Crippen LogP contribution in [0.3, 0.4) is 0 Å². The molecule has 21 heavy (non-hydrogen) atoms. The van der Waals surface area contributed by atoms with Gasteiger partial charge in [-0.2, -0.15) is 11.8 Å². The minimum Gasteiger partial charge on any atom is -0.230 e. The fourth-order valence-electron chi connectivity index (χ4n) is 1.13. The monoisotopic (exact) mass is 374 g/mol. The van der Waals surface area contributed by atoms with Crippen molar-refractivity contribution in [2.75, 3.05) is 23.0 Å². The molecule has 2 aromatic heterocycles. The molecule has 112 valence electrons. The van der Waals surface area contributed by atoms with E-state index in [1.165, 1.54) is 0 Å². The van der Waals surface area contributed by atoms with Gasteiger partial charge in [-0.25, -0.2) is 19.9 Å². The maximum Gasteiger partial charge on any atom is 0.198 e. The second kappa shape index (κ2) is 11.5. The minimum absolute atomic E-state index is 0.835. The molecular formula is C12H14N4S5. The Bertz CT molecular complexity index is 442. The topological polar surface area (TPSA) is 51.6 Å². The molecule has 0 saturated heterocycles. The third kappa shape index (κ3) is 8.20. The van der Waals surface area contributed by atoms with Crippen LogP contribution >= 0.6 is 54.9 Å². The summed E-state index contributed by atoms with van der Waals surface area (Å²) in [5.74, 6) is 4.51. The number of nitrogens with zero attached hydrogens (tertiary/aromatic N) is 4. The van der Waals surface area contributed by atoms with E-state index in [1.54, 1.807) is 68.0 Å². The molecule has 0 aliphatic heterocycles. The van der Waals surface area contributed by atoms with Crippen molar-refractivity contribution in [3.63, 3.8) is 0 Å². The van der Waals surface area contributed by atoms with Crippen molar-refractivity contribution in [2.45, 2.75) is 10.3 Å². The van der Waals surface area contributed by atoms with Crippen molar-refractivity contribution >= 4 is 54.9 Å². The zero-order chi connectivity index (χ0) is 14.6. The lowest BCUT2D eigenvalue weighted by Crippen LogP contribution is -1.88. The normalized spacial score (nSPS) is 10.7. The highest BCUT2D eigenvalue weighted by Crippen LogP contribution is 2.29. The van der Waals surface area contributed by atoms with E-state index in [1.807, 2.05) is 23.9 Å². The number of hydrogen-bond acceptors (Lipinski definition) is 9. The summed E-state index contributed by atoms with van der Waals surface area (Å²) in [6.45, 7) is 0. The highest BCUT2D eigenvalue weighted by Gasteiger charge is 1.98. The first-order chi connectivity index (χ1) is 10.4. The summed E-state index contributed by atoms with van der Waals surface area (Å²) in [4.78, 5) is 16.7. The first-order valence-corrected chi connectivity index (χ1v) is 11.9. The number of hydrogen-bond donors (Lipinski definition) is 0. The van der Waals surface area contributed by atoms with Crippen molar-refractivity contribution in [1.82, 2.24) is 19.9 Å². The maximum atomic E-state index is 4.17. The molecule has 0 N–H and O–H groups in total. The highest BCUT2D eigenvalue weighted by molar-refractivity contribution is 8.77. The van der Waals surface area contributed by atoms with E-state index in [9.17, 15) is 0 Å². The Labute approximate surface area is 144 Å². The van der Waals surface area contributed by atoms with Crippen molar-refractivity contribution in [3.05, 3.63) is 36.9 Å². The molecule has 0 amide bonds. The van der Waals surface area contributed by atoms with Crippen molar-refractivity contribution in [1.29, 1.82) is 0 Å². The van der Waals surface area contributed by atoms with E-state index in [4.69, 9.17) is 0 Å². The third-order valence-electron chi connectivity index (χ3n) is 1.97. The van der Waals surface area contributed by atoms with E-state index in [2.05, 4.69) is 19.9 Å². The third-order valence-corrected chi connectivity index (χ3v) is 7.77. The Balaban J connectivity index is 1.40. The average Bonchev–Trinajstić information content (AvgIpc) is 2.55. The van der Waals surface area contributed by atoms with Gasteiger partial charge in [-0.15, -0.1) is 0 Å². The van der Waals surface area contributed by atoms with Crippen LogP contribution in [0.2, 0.25) is 0 Å². The van der Waals surface area contributed by atoms with Crippen LogP contribution in [0.1, 0.15) is 0 Å². The number of rotatable bonds is 10. The first-order valence-electron chi connectivity index (χ1n) is 6.16. The van der Waals surface area contributed by atoms with Crippen molar-refractivity contribution in [3.8, 4) is 0 Å². The van der Waals surface area contributed by atoms with Crippen molar-refractivity contribution in [2.24, 2.45) is 0 Å². The highest BCUT2D eigenvalue weighted by atomic mass is 33.1. The maximum absolute atomic E-state index is 4.17. The van der Waals surface area contributed by atoms with Crippen molar-refractivity contribution < 1.29 is 0 Å². The van der Waals surface area contributed by atoms with Gasteiger partial charge in [0, 0.05) is 47.8 Å². The molecule has 2 heterocycles. The Morgan fingerprint density at radius 3 is 1.48 bits per heavy atom. The van der Waals surface area contributed by atoms with E-state index in [0.717, 1.165) is 33.3 Å². The van der Waals surface area contributed by atoms with Gasteiger partial charge in [-0.05, 0) is 33.7 Å². The molecule has 0 aromatic carbocycles. The number of thioether (sulfide) groups is 1. The molecule has 2 aromatic rings. The molecular weight excluding hydrogens is 360 g/mol. The van der Waals surface area contributed by atoms with Gasteiger partial charge < -0.3 is 0 Å². The minimum atomic E-state index is 0.835. The Kier molecular flexibility index (Phi) is 9.43. The standard InChI is InChI=1S/C12H14N4S5/c1-3-13-11(14-4-1)20-18-9-7-17-8-10-19-21-12-15-5-2-6-16-12/h1-6H,7-10H2. The summed E-state index contributed by atoms with van der Waals surface area (Å²) in [7, 11) is 6.89. The van der Waals surface area contributed by atoms with Gasteiger partial charge in [0.1, 0.15) is 0 Å². The summed E-state index contributed by atoms with van der Waals surface area (Å²) in [6, 6.07) is 3.67. The van der Waals surface area contributed by atoms with Crippen LogP contribution in [0.15, 0.2) is 47.2 Å². The zero-order valence-corrected chi connectivity index (χ0v) is 15.2. The van der Waals surface area contributed by atoms with Gasteiger partial charge in [0.05, 0.1) is 0 Å². The van der Waals surface area contributed by atoms with Gasteiger partial charge in [-0.1, -0.05) is 21.6 Å². The van der Waals surface area contributed by atoms with Crippen LogP contribution in [0.5, 0.6) is 0 Å². The largest absolute Gasteiger partial charge is 0.230 e. The van der Waals surface area contributed by atoms with E-state index in [-0.39, 0.29) is 0 Å². The predicted octanol–water partition coefficient (Wildman–Crippen LogP) is 4.18. The van der Waals surface area contributed by atoms with Crippen LogP contribution in [-0.4, -0.2) is 42.9 Å². The molecule has 0 aliphatic carbocycles. The van der Waals surface area contributed by atoms with Gasteiger partial charge >= 0.3 is 0 Å². The lowest BCUT2D eigenvalue weighted by atomic mass is 10.7. The fraction of sp³-hybridized carbons (Fsp3) is 0.333. The molecule has 9 heteroatoms. The SMILES string of the molecule is c1cnc(SSCCSCCSSc2ncccn2)nc1. The molecule has 4 nitrogen and oxygen atoms in total. The number of aromatic nitrogens is 4. The fourth-order valence-corrected chi connectivity index (χ4v) is 6.49. The van der Waals surface area contributed by atoms with Crippen LogP contribution in [0.4, 0.5) is 0 Å². The zero-order valence-electron chi connectivity index (χ0n) is 11.1. The van der Waals surface area contributed by atoms with Gasteiger partial charge in [0.25, 0.3) is 0 Å². The van der Waals surface area contributed by atoms with Crippen LogP contribution < -0.4 is 0 Å². The van der Waals surface area contributed by atoms with Crippen LogP contribution in [0, 0.1) is 0 Å². The molecule has 0 radical (unpaired) electrons. The van der Waals surface area contributed by atoms with Gasteiger partial charge in [0.2, 0.25) is 0 Å². The summed E-state index contributed by atoms with van der Waals surface area (Å²) in [5.41, 5.74) is 0. The summed E-state index contributed by atoms with van der Waals surface area (Å²) in [6.07, 6.45) is 7.10. The quantitative estimate of drug-likeness (QED) is 0.346. The Morgan fingerprint density at radius 2 is 1.05 bits per heavy atom. The Morgan fingerprint density at radius 1 is 0.619 bits per heavy atom. The predicted molar refractivity (Wildman–Crippen MR) is 98.0 cm³/mol. The van der Waals surface area contributed by atoms with E-state index >= 15 is 0 Å². The molecule has 0 fully saturated rings. The van der Waals surface area contributed by atoms with Gasteiger partial charge in [0.15, 0.2) is 10.3 Å². The second-order valence-corrected chi connectivity index (χ2v) is 9.48. The van der Waals surface area contributed by atoms with Gasteiger partial charge in [-0.3, -0.25) is 0 Å². The molecule has 0 unspecified atom stereocenters. The summed E-state index contributed by atoms with van der Waals surface area (Å²) < 4.78 is 0. The van der Waals surface area contributed by atoms with Crippen LogP contribution in [-0.2, 0) is 0 Å². The van der Waals surface area contributed by atoms with E-state index < -0.39 is 0 Å². The van der Waals surface area contributed by atoms with E-state index in [0.29, 0.717) is 0 Å². The first kappa shape index (κ1) is 17.3. The smallest absolute Gasteiger partial charge is 0.198 e. The molecule has 0 bridgehead atoms. The van der Waals surface area contributed by atoms with Crippen LogP contribution in [0.25, 0.3) is 0 Å². The average molecular weight is 375 g/mol. The molecule has 0 saturated carbocycles. The summed E-state index contributed by atoms with van der Waals surface area (Å²) >= 11 is 1.97.